The van der Waals surface area contributed by atoms with E-state index in [-0.39, 0.29) is 18.1 Å². The van der Waals surface area contributed by atoms with Crippen molar-refractivity contribution in [1.29, 1.82) is 0 Å². The van der Waals surface area contributed by atoms with E-state index in [1.54, 1.807) is 4.90 Å². The summed E-state index contributed by atoms with van der Waals surface area (Å²) < 4.78 is 38.7. The van der Waals surface area contributed by atoms with Gasteiger partial charge in [0.1, 0.15) is 0 Å². The van der Waals surface area contributed by atoms with Gasteiger partial charge in [0.25, 0.3) is 0 Å². The maximum absolute atomic E-state index is 12.9. The Morgan fingerprint density at radius 3 is 2.29 bits per heavy atom. The quantitative estimate of drug-likeness (QED) is 0.825. The minimum Gasteiger partial charge on any atom is -0.313 e. The Morgan fingerprint density at radius 2 is 1.81 bits per heavy atom. The first-order valence-electron chi connectivity index (χ1n) is 7.47. The van der Waals surface area contributed by atoms with Crippen molar-refractivity contribution in [2.75, 3.05) is 13.1 Å². The molecule has 1 aromatic rings. The molecule has 0 radical (unpaired) electrons. The predicted molar refractivity (Wildman–Crippen MR) is 78.1 cm³/mol. The standard InChI is InChI=1S/C16H23F3N2/c1-12(2)20-10-15(13-6-4-3-5-7-13)21(14-8-9-14)11-16(17,18)19/h3-7,12,14-15,20H,8-11H2,1-2H3. The maximum Gasteiger partial charge on any atom is 0.401 e. The fourth-order valence-corrected chi connectivity index (χ4v) is 2.56. The number of hydrogen-bond acceptors (Lipinski definition) is 2. The first kappa shape index (κ1) is 16.3. The van der Waals surface area contributed by atoms with Crippen LogP contribution < -0.4 is 5.32 Å². The minimum atomic E-state index is -4.16. The molecule has 0 aliphatic heterocycles. The summed E-state index contributed by atoms with van der Waals surface area (Å²) in [5, 5.41) is 3.28. The number of halogens is 3. The molecular weight excluding hydrogens is 277 g/mol. The van der Waals surface area contributed by atoms with Gasteiger partial charge in [-0.1, -0.05) is 44.2 Å². The van der Waals surface area contributed by atoms with Crippen LogP contribution in [0.5, 0.6) is 0 Å². The highest BCUT2D eigenvalue weighted by atomic mass is 19.4. The third-order valence-corrected chi connectivity index (χ3v) is 3.68. The fourth-order valence-electron chi connectivity index (χ4n) is 2.56. The molecule has 0 saturated heterocycles. The van der Waals surface area contributed by atoms with Gasteiger partial charge in [-0.15, -0.1) is 0 Å². The normalized spacial score (nSPS) is 17.5. The van der Waals surface area contributed by atoms with Crippen LogP contribution in [0.3, 0.4) is 0 Å². The molecule has 0 amide bonds. The molecule has 21 heavy (non-hydrogen) atoms. The van der Waals surface area contributed by atoms with E-state index >= 15 is 0 Å². The van der Waals surface area contributed by atoms with E-state index in [4.69, 9.17) is 0 Å². The molecule has 0 heterocycles. The number of nitrogens with one attached hydrogen (secondary N) is 1. The van der Waals surface area contributed by atoms with Crippen molar-refractivity contribution in [3.05, 3.63) is 35.9 Å². The van der Waals surface area contributed by atoms with Crippen LogP contribution in [0.4, 0.5) is 13.2 Å². The Morgan fingerprint density at radius 1 is 1.19 bits per heavy atom. The number of benzene rings is 1. The van der Waals surface area contributed by atoms with Crippen molar-refractivity contribution in [2.45, 2.75) is 51.0 Å². The first-order valence-corrected chi connectivity index (χ1v) is 7.47. The van der Waals surface area contributed by atoms with Crippen LogP contribution in [0.25, 0.3) is 0 Å². The summed E-state index contributed by atoms with van der Waals surface area (Å²) in [6, 6.07) is 9.57. The molecule has 2 nitrogen and oxygen atoms in total. The number of nitrogens with zero attached hydrogens (tertiary/aromatic N) is 1. The molecule has 1 unspecified atom stereocenters. The number of hydrogen-bond donors (Lipinski definition) is 1. The zero-order valence-electron chi connectivity index (χ0n) is 12.5. The van der Waals surface area contributed by atoms with Crippen molar-refractivity contribution in [3.8, 4) is 0 Å². The monoisotopic (exact) mass is 300 g/mol. The molecule has 1 aliphatic rings. The lowest BCUT2D eigenvalue weighted by atomic mass is 10.0. The highest BCUT2D eigenvalue weighted by molar-refractivity contribution is 5.20. The Balaban J connectivity index is 2.19. The lowest BCUT2D eigenvalue weighted by Gasteiger charge is -2.33. The van der Waals surface area contributed by atoms with Gasteiger partial charge in [-0.25, -0.2) is 0 Å². The highest BCUT2D eigenvalue weighted by Crippen LogP contribution is 2.36. The summed E-state index contributed by atoms with van der Waals surface area (Å²) >= 11 is 0. The SMILES string of the molecule is CC(C)NCC(c1ccccc1)N(CC(F)(F)F)C1CC1. The van der Waals surface area contributed by atoms with Gasteiger partial charge in [0.15, 0.2) is 0 Å². The van der Waals surface area contributed by atoms with E-state index in [9.17, 15) is 13.2 Å². The minimum absolute atomic E-state index is 0.0609. The van der Waals surface area contributed by atoms with Gasteiger partial charge in [0.05, 0.1) is 6.54 Å². The second-order valence-electron chi connectivity index (χ2n) is 6.01. The first-order chi connectivity index (χ1) is 9.87. The second-order valence-corrected chi connectivity index (χ2v) is 6.01. The van der Waals surface area contributed by atoms with Crippen LogP contribution >= 0.6 is 0 Å². The molecule has 0 spiro atoms. The molecule has 2 rings (SSSR count). The summed E-state index contributed by atoms with van der Waals surface area (Å²) in [4.78, 5) is 1.62. The third kappa shape index (κ3) is 5.32. The second kappa shape index (κ2) is 6.79. The molecule has 118 valence electrons. The van der Waals surface area contributed by atoms with Crippen molar-refractivity contribution in [3.63, 3.8) is 0 Å². The van der Waals surface area contributed by atoms with Crippen LogP contribution in [-0.4, -0.2) is 36.2 Å². The Kier molecular flexibility index (Phi) is 5.27. The van der Waals surface area contributed by atoms with Gasteiger partial charge in [0, 0.05) is 24.7 Å². The summed E-state index contributed by atoms with van der Waals surface area (Å²) in [7, 11) is 0. The van der Waals surface area contributed by atoms with E-state index in [0.29, 0.717) is 6.54 Å². The number of alkyl halides is 3. The van der Waals surface area contributed by atoms with Gasteiger partial charge in [-0.2, -0.15) is 13.2 Å². The van der Waals surface area contributed by atoms with Gasteiger partial charge < -0.3 is 5.32 Å². The fraction of sp³-hybridized carbons (Fsp3) is 0.625. The summed E-state index contributed by atoms with van der Waals surface area (Å²) in [5.41, 5.74) is 0.946. The predicted octanol–water partition coefficient (Wildman–Crippen LogP) is 3.75. The van der Waals surface area contributed by atoms with Crippen molar-refractivity contribution >= 4 is 0 Å². The lowest BCUT2D eigenvalue weighted by molar-refractivity contribution is -0.152. The van der Waals surface area contributed by atoms with Crippen LogP contribution in [0.1, 0.15) is 38.3 Å². The molecule has 0 aromatic heterocycles. The largest absolute Gasteiger partial charge is 0.401 e. The molecule has 1 aliphatic carbocycles. The smallest absolute Gasteiger partial charge is 0.313 e. The molecule has 0 bridgehead atoms. The van der Waals surface area contributed by atoms with Gasteiger partial charge in [0.2, 0.25) is 0 Å². The van der Waals surface area contributed by atoms with Crippen molar-refractivity contribution in [2.24, 2.45) is 0 Å². The Labute approximate surface area is 124 Å². The molecular formula is C16H23F3N2. The van der Waals surface area contributed by atoms with Gasteiger partial charge in [-0.3, -0.25) is 4.90 Å². The zero-order chi connectivity index (χ0) is 15.5. The Hall–Kier alpha value is -1.07. The molecule has 1 saturated carbocycles. The van der Waals surface area contributed by atoms with Crippen LogP contribution in [0.15, 0.2) is 30.3 Å². The molecule has 1 N–H and O–H groups in total. The highest BCUT2D eigenvalue weighted by Gasteiger charge is 2.41. The maximum atomic E-state index is 12.9. The lowest BCUT2D eigenvalue weighted by Crippen LogP contribution is -2.43. The van der Waals surface area contributed by atoms with Crippen LogP contribution in [0.2, 0.25) is 0 Å². The zero-order valence-corrected chi connectivity index (χ0v) is 12.5. The Bertz CT molecular complexity index is 427. The third-order valence-electron chi connectivity index (χ3n) is 3.68. The summed E-state index contributed by atoms with van der Waals surface area (Å²) in [6.45, 7) is 3.71. The van der Waals surface area contributed by atoms with Crippen LogP contribution in [-0.2, 0) is 0 Å². The van der Waals surface area contributed by atoms with Crippen molar-refractivity contribution in [1.82, 2.24) is 10.2 Å². The average Bonchev–Trinajstić information content (AvgIpc) is 3.21. The van der Waals surface area contributed by atoms with E-state index < -0.39 is 12.7 Å². The van der Waals surface area contributed by atoms with E-state index in [1.165, 1.54) is 0 Å². The molecule has 1 fully saturated rings. The summed E-state index contributed by atoms with van der Waals surface area (Å²) in [6.07, 6.45) is -2.43. The van der Waals surface area contributed by atoms with Gasteiger partial charge in [-0.05, 0) is 18.4 Å². The van der Waals surface area contributed by atoms with Crippen LogP contribution in [0, 0.1) is 0 Å². The summed E-state index contributed by atoms with van der Waals surface area (Å²) in [5.74, 6) is 0. The number of rotatable bonds is 7. The van der Waals surface area contributed by atoms with E-state index in [1.807, 2.05) is 44.2 Å². The average molecular weight is 300 g/mol. The topological polar surface area (TPSA) is 15.3 Å². The molecule has 1 atom stereocenters. The van der Waals surface area contributed by atoms with E-state index in [0.717, 1.165) is 18.4 Å². The molecule has 5 heteroatoms. The van der Waals surface area contributed by atoms with Gasteiger partial charge >= 0.3 is 6.18 Å². The molecule has 1 aromatic carbocycles. The van der Waals surface area contributed by atoms with E-state index in [2.05, 4.69) is 5.32 Å². The van der Waals surface area contributed by atoms with Crippen molar-refractivity contribution < 1.29 is 13.2 Å².